The van der Waals surface area contributed by atoms with Crippen molar-refractivity contribution in [1.82, 2.24) is 25.1 Å². The van der Waals surface area contributed by atoms with Crippen LogP contribution in [0.4, 0.5) is 0 Å². The number of carbonyl (C=O) groups is 5. The Kier molecular flexibility index (Phi) is 20.8. The molecule has 2 N–H and O–H groups in total. The van der Waals surface area contributed by atoms with Crippen molar-refractivity contribution in [3.63, 3.8) is 0 Å². The van der Waals surface area contributed by atoms with Gasteiger partial charge in [-0.3, -0.25) is 19.2 Å². The number of methoxy groups -OCH3 is 3. The van der Waals surface area contributed by atoms with E-state index in [0.29, 0.717) is 56.9 Å². The molecule has 384 valence electrons. The van der Waals surface area contributed by atoms with Crippen LogP contribution in [-0.4, -0.2) is 141 Å². The smallest absolute Gasteiger partial charge is 0.329 e. The van der Waals surface area contributed by atoms with Crippen molar-refractivity contribution in [2.75, 3.05) is 27.9 Å². The van der Waals surface area contributed by atoms with Gasteiger partial charge in [-0.05, 0) is 117 Å². The lowest BCUT2D eigenvalue weighted by atomic mass is 9.77. The lowest BCUT2D eigenvalue weighted by Gasteiger charge is -2.42. The largest absolute Gasteiger partial charge is 0.460 e. The molecule has 1 saturated carbocycles. The third kappa shape index (κ3) is 14.2. The van der Waals surface area contributed by atoms with Gasteiger partial charge in [-0.2, -0.15) is 0 Å². The van der Waals surface area contributed by atoms with E-state index >= 15 is 0 Å². The molecule has 69 heavy (non-hydrogen) atoms. The molecule has 15 atom stereocenters. The number of hydrogen-bond acceptors (Lipinski definition) is 15. The number of ketones is 3. The lowest BCUT2D eigenvalue weighted by Crippen LogP contribution is -2.61. The number of fused-ring (bicyclic) bond motifs is 3. The highest BCUT2D eigenvalue weighted by molar-refractivity contribution is 6.39. The maximum atomic E-state index is 14.5. The third-order valence-electron chi connectivity index (χ3n) is 15.2. The molecule has 17 heteroatoms. The van der Waals surface area contributed by atoms with Gasteiger partial charge < -0.3 is 38.8 Å². The number of nitrogens with zero attached hydrogens (tertiary/aromatic N) is 5. The van der Waals surface area contributed by atoms with Crippen LogP contribution in [-0.2, 0) is 47.7 Å². The Hall–Kier alpha value is -4.26. The van der Waals surface area contributed by atoms with E-state index in [-0.39, 0.29) is 60.9 Å². The first-order chi connectivity index (χ1) is 32.8. The molecule has 2 bridgehead atoms. The molecule has 4 heterocycles. The van der Waals surface area contributed by atoms with Gasteiger partial charge in [0.2, 0.25) is 5.79 Å². The number of tetrazole rings is 1. The minimum absolute atomic E-state index is 0.0170. The first kappa shape index (κ1) is 55.7. The fourth-order valence-electron chi connectivity index (χ4n) is 10.7. The number of allylic oxidation sites excluding steroid dienone is 6. The summed E-state index contributed by atoms with van der Waals surface area (Å²) < 4.78 is 31.6. The predicted molar refractivity (Wildman–Crippen MR) is 256 cm³/mol. The van der Waals surface area contributed by atoms with E-state index < -0.39 is 77.8 Å². The number of piperidine rings is 1. The zero-order valence-electron chi connectivity index (χ0n) is 42.5. The van der Waals surface area contributed by atoms with Crippen molar-refractivity contribution in [3.8, 4) is 0 Å². The number of cyclic esters (lactones) is 1. The zero-order chi connectivity index (χ0) is 50.6. The SMILES string of the molecule is CO[C@@H]1C(=O)[C@H](C)C[C@@H](C)C=CC=CC=C(C)[C@H](OC)C[C@H]2CC[C@H](C)[C@@](O)(O2)C(=O)C(=O)N2CCCC[C@@H]2C(=O)O[C@H]([C@H](C)C[C@@H]2CC[C@H](n3cnnn3)[C@H](OC)C2)CC(=O)[C@H](C)C=C(C)[C@@H]1O. The van der Waals surface area contributed by atoms with Crippen molar-refractivity contribution in [2.24, 2.45) is 35.5 Å². The quantitative estimate of drug-likeness (QED) is 0.181. The first-order valence-corrected chi connectivity index (χ1v) is 25.0. The highest BCUT2D eigenvalue weighted by atomic mass is 16.6. The molecule has 3 fully saturated rings. The Morgan fingerprint density at radius 3 is 2.32 bits per heavy atom. The van der Waals surface area contributed by atoms with Crippen LogP contribution in [0.3, 0.4) is 0 Å². The molecule has 5 rings (SSSR count). The molecule has 0 unspecified atom stereocenters. The van der Waals surface area contributed by atoms with Gasteiger partial charge in [-0.25, -0.2) is 9.48 Å². The number of aliphatic hydroxyl groups excluding tert-OH is 1. The van der Waals surface area contributed by atoms with Gasteiger partial charge in [-0.1, -0.05) is 71.1 Å². The second kappa shape index (κ2) is 25.7. The standard InChI is InChI=1S/C52H79N5O12/c1-31-16-12-11-13-17-32(2)43(65-8)28-39-21-19-37(7)52(64,69-39)49(61)50(62)56-23-15-14-18-41(56)51(63)68-44(34(4)26-38-20-22-40(45(27-38)66-9)57-30-53-54-55-57)29-42(58)33(3)25-36(6)47(60)48(67-10)46(59)35(5)24-31/h11-13,16-17,25,30-31,33-35,37-41,43-45,47-48,60,64H,14-15,18-24,26-29H2,1-10H3/t31-,33+,34+,35+,37-,38-,39+,40-,41+,43+,44-,45+,47-,48+,52+/m0/s1. The molecule has 4 aliphatic rings. The molecule has 1 aliphatic carbocycles. The van der Waals surface area contributed by atoms with Gasteiger partial charge >= 0.3 is 5.97 Å². The van der Waals surface area contributed by atoms with Crippen LogP contribution in [0.2, 0.25) is 0 Å². The van der Waals surface area contributed by atoms with Crippen molar-refractivity contribution in [3.05, 3.63) is 53.9 Å². The molecular weight excluding hydrogens is 887 g/mol. The summed E-state index contributed by atoms with van der Waals surface area (Å²) in [6.45, 7) is 12.8. The Bertz CT molecular complexity index is 2020. The van der Waals surface area contributed by atoms with Crippen LogP contribution >= 0.6 is 0 Å². The maximum absolute atomic E-state index is 14.5. The van der Waals surface area contributed by atoms with Gasteiger partial charge in [0.1, 0.15) is 36.5 Å². The number of carbonyl (C=O) groups excluding carboxylic acids is 5. The van der Waals surface area contributed by atoms with Gasteiger partial charge in [0.15, 0.2) is 5.78 Å². The summed E-state index contributed by atoms with van der Waals surface area (Å²) in [5, 5.41) is 35.2. The number of Topliss-reactive ketones (excluding diaryl/α,β-unsaturated/α-hetero) is 3. The van der Waals surface area contributed by atoms with Gasteiger partial charge in [0.25, 0.3) is 11.7 Å². The van der Waals surface area contributed by atoms with E-state index in [4.69, 9.17) is 23.7 Å². The highest BCUT2D eigenvalue weighted by Gasteiger charge is 2.53. The molecule has 0 aromatic carbocycles. The first-order valence-electron chi connectivity index (χ1n) is 25.0. The number of aromatic nitrogens is 4. The average molecular weight is 966 g/mol. The molecule has 17 nitrogen and oxygen atoms in total. The number of amides is 1. The van der Waals surface area contributed by atoms with Gasteiger partial charge in [0.05, 0.1) is 24.4 Å². The van der Waals surface area contributed by atoms with Crippen LogP contribution in [0.1, 0.15) is 132 Å². The fraction of sp³-hybridized carbons (Fsp3) is 0.731. The summed E-state index contributed by atoms with van der Waals surface area (Å²) in [6, 6.07) is -1.19. The average Bonchev–Trinajstić information content (AvgIpc) is 3.88. The monoisotopic (exact) mass is 966 g/mol. The number of ether oxygens (including phenoxy) is 5. The number of hydrogen-bond donors (Lipinski definition) is 2. The number of esters is 1. The fourth-order valence-corrected chi connectivity index (χ4v) is 10.7. The molecule has 0 radical (unpaired) electrons. The van der Waals surface area contributed by atoms with Crippen LogP contribution < -0.4 is 0 Å². The minimum Gasteiger partial charge on any atom is -0.460 e. The lowest BCUT2D eigenvalue weighted by molar-refractivity contribution is -0.265. The normalized spacial score (nSPS) is 36.3. The second-order valence-corrected chi connectivity index (χ2v) is 20.4. The maximum Gasteiger partial charge on any atom is 0.329 e. The third-order valence-corrected chi connectivity index (χ3v) is 15.2. The van der Waals surface area contributed by atoms with Crippen molar-refractivity contribution in [1.29, 1.82) is 0 Å². The summed E-state index contributed by atoms with van der Waals surface area (Å²) >= 11 is 0. The van der Waals surface area contributed by atoms with Crippen molar-refractivity contribution < 1.29 is 57.9 Å². The van der Waals surface area contributed by atoms with E-state index in [1.807, 2.05) is 58.1 Å². The summed E-state index contributed by atoms with van der Waals surface area (Å²) in [6.07, 6.45) is 13.9. The Balaban J connectivity index is 1.46. The molecule has 3 aliphatic heterocycles. The topological polar surface area (TPSA) is 219 Å². The van der Waals surface area contributed by atoms with Crippen molar-refractivity contribution in [2.45, 2.75) is 180 Å². The van der Waals surface area contributed by atoms with Crippen LogP contribution in [0.25, 0.3) is 0 Å². The molecule has 1 aromatic rings. The van der Waals surface area contributed by atoms with E-state index in [1.165, 1.54) is 12.0 Å². The zero-order valence-corrected chi connectivity index (χ0v) is 42.5. The summed E-state index contributed by atoms with van der Waals surface area (Å²) in [5.41, 5.74) is 1.27. The van der Waals surface area contributed by atoms with Gasteiger partial charge in [0, 0.05) is 58.5 Å². The molecule has 1 aromatic heterocycles. The molecule has 2 saturated heterocycles. The second-order valence-electron chi connectivity index (χ2n) is 20.4. The number of rotatable bonds is 7. The van der Waals surface area contributed by atoms with E-state index in [1.54, 1.807) is 52.1 Å². The van der Waals surface area contributed by atoms with Crippen molar-refractivity contribution >= 4 is 29.2 Å². The van der Waals surface area contributed by atoms with Crippen LogP contribution in [0.5, 0.6) is 0 Å². The van der Waals surface area contributed by atoms with E-state index in [2.05, 4.69) is 15.5 Å². The highest BCUT2D eigenvalue weighted by Crippen LogP contribution is 2.39. The van der Waals surface area contributed by atoms with Crippen LogP contribution in [0.15, 0.2) is 53.9 Å². The molecular formula is C52H79N5O12. The molecule has 0 spiro atoms. The Morgan fingerprint density at radius 1 is 0.884 bits per heavy atom. The Labute approximate surface area is 408 Å². The van der Waals surface area contributed by atoms with Crippen LogP contribution in [0, 0.1) is 35.5 Å². The number of aliphatic hydroxyl groups is 2. The predicted octanol–water partition coefficient (Wildman–Crippen LogP) is 6.05. The van der Waals surface area contributed by atoms with E-state index in [9.17, 15) is 34.2 Å². The summed E-state index contributed by atoms with van der Waals surface area (Å²) in [7, 11) is 4.62. The summed E-state index contributed by atoms with van der Waals surface area (Å²) in [5.74, 6) is -7.92. The summed E-state index contributed by atoms with van der Waals surface area (Å²) in [4.78, 5) is 72.3. The van der Waals surface area contributed by atoms with E-state index in [0.717, 1.165) is 18.4 Å². The Morgan fingerprint density at radius 2 is 1.64 bits per heavy atom. The molecule has 1 amide bonds. The minimum atomic E-state index is -2.43. The van der Waals surface area contributed by atoms with Gasteiger partial charge in [-0.15, -0.1) is 5.10 Å².